The third-order valence-electron chi connectivity index (χ3n) is 15.4. The number of hydrogen-bond donors (Lipinski definition) is 0. The van der Waals surface area contributed by atoms with E-state index in [4.69, 9.17) is 0 Å². The zero-order chi connectivity index (χ0) is 52.4. The van der Waals surface area contributed by atoms with E-state index in [0.29, 0.717) is 0 Å². The SMILES string of the molecule is C=Cc1c(/C=C\C)n(-c2ccc(C)cc2)c2ccc(-c3c(-c4ccc(N(c5ccccc5)c5ccc(-c6sc7ccccc7c6-c6ccc7c(c6)c6ccccc6n7-c6ccc(C)cc6)cc5)cc4)sc4ccccc34)cc12. The lowest BCUT2D eigenvalue weighted by molar-refractivity contribution is 1.10. The van der Waals surface area contributed by atoms with Crippen LogP contribution in [-0.2, 0) is 0 Å². The molecular weight excluding hydrogens is 983 g/mol. The van der Waals surface area contributed by atoms with Gasteiger partial charge in [0.1, 0.15) is 0 Å². The van der Waals surface area contributed by atoms with Crippen LogP contribution in [0.4, 0.5) is 17.1 Å². The third-order valence-corrected chi connectivity index (χ3v) is 17.8. The van der Waals surface area contributed by atoms with Gasteiger partial charge in [0.25, 0.3) is 0 Å². The van der Waals surface area contributed by atoms with Gasteiger partial charge in [-0.15, -0.1) is 22.7 Å². The van der Waals surface area contributed by atoms with Crippen LogP contribution in [0.3, 0.4) is 0 Å². The van der Waals surface area contributed by atoms with Crippen LogP contribution in [0.5, 0.6) is 0 Å². The third kappa shape index (κ3) is 7.93. The summed E-state index contributed by atoms with van der Waals surface area (Å²) in [5.41, 5.74) is 21.2. The van der Waals surface area contributed by atoms with E-state index in [1.54, 1.807) is 0 Å². The minimum atomic E-state index is 1.09. The lowest BCUT2D eigenvalue weighted by Crippen LogP contribution is -2.09. The standard InChI is InChI=1S/C73H53N3S2/c1-5-16-64-58(6-2)62-45-51(33-43-66(62)75(64)56-35-25-47(3)26-36-56)70-60-20-11-14-23-68(60)77-72(70)49-29-39-54(40-30-49)74(53-17-8-7-9-18-53)55-41-31-50(32-42-55)73-71(61-21-12-15-24-69(61)78-73)52-34-44-67-63(46-52)59-19-10-13-22-65(59)76(67)57-37-27-48(4)28-38-57/h5-46H,2H2,1,3-4H3/b16-5-. The van der Waals surface area contributed by atoms with Gasteiger partial charge in [-0.2, -0.15) is 0 Å². The van der Waals surface area contributed by atoms with Gasteiger partial charge in [-0.3, -0.25) is 0 Å². The highest BCUT2D eigenvalue weighted by molar-refractivity contribution is 7.23. The van der Waals surface area contributed by atoms with Gasteiger partial charge in [-0.25, -0.2) is 0 Å². The van der Waals surface area contributed by atoms with E-state index in [2.05, 4.69) is 290 Å². The minimum absolute atomic E-state index is 1.09. The van der Waals surface area contributed by atoms with Gasteiger partial charge in [0, 0.05) is 91.2 Å². The van der Waals surface area contributed by atoms with Gasteiger partial charge in [-0.1, -0.05) is 163 Å². The number of benzene rings is 10. The van der Waals surface area contributed by atoms with Crippen molar-refractivity contribution in [3.8, 4) is 54.5 Å². The summed E-state index contributed by atoms with van der Waals surface area (Å²) in [6, 6.07) is 87.3. The monoisotopic (exact) mass is 1040 g/mol. The van der Waals surface area contributed by atoms with Crippen LogP contribution in [0.15, 0.2) is 249 Å². The largest absolute Gasteiger partial charge is 0.311 e. The van der Waals surface area contributed by atoms with Crippen LogP contribution < -0.4 is 4.90 Å². The first-order valence-electron chi connectivity index (χ1n) is 26.6. The molecule has 4 heterocycles. The maximum Gasteiger partial charge on any atom is 0.0541 e. The summed E-state index contributed by atoms with van der Waals surface area (Å²) in [7, 11) is 0. The molecule has 3 nitrogen and oxygen atoms in total. The van der Waals surface area contributed by atoms with Gasteiger partial charge in [0.05, 0.1) is 22.2 Å². The van der Waals surface area contributed by atoms with Crippen LogP contribution in [0.25, 0.3) is 120 Å². The molecule has 0 N–H and O–H groups in total. The molecule has 0 aliphatic heterocycles. The van der Waals surface area contributed by atoms with E-state index in [0.717, 1.165) is 39.5 Å². The van der Waals surface area contributed by atoms with Gasteiger partial charge in [0.2, 0.25) is 0 Å². The first-order valence-corrected chi connectivity index (χ1v) is 28.3. The van der Waals surface area contributed by atoms with Crippen molar-refractivity contribution < 1.29 is 0 Å². The zero-order valence-corrected chi connectivity index (χ0v) is 45.2. The minimum Gasteiger partial charge on any atom is -0.311 e. The summed E-state index contributed by atoms with van der Waals surface area (Å²) >= 11 is 3.73. The predicted molar refractivity (Wildman–Crippen MR) is 339 cm³/mol. The van der Waals surface area contributed by atoms with Crippen molar-refractivity contribution >= 4 is 105 Å². The molecule has 5 heteroatoms. The van der Waals surface area contributed by atoms with Crippen LogP contribution in [0.2, 0.25) is 0 Å². The number of allylic oxidation sites excluding steroid dienone is 1. The Balaban J connectivity index is 0.843. The van der Waals surface area contributed by atoms with Gasteiger partial charge >= 0.3 is 0 Å². The van der Waals surface area contributed by atoms with E-state index in [1.165, 1.54) is 107 Å². The Kier molecular flexibility index (Phi) is 11.7. The molecule has 372 valence electrons. The summed E-state index contributed by atoms with van der Waals surface area (Å²) in [4.78, 5) is 4.88. The topological polar surface area (TPSA) is 13.1 Å². The highest BCUT2D eigenvalue weighted by Crippen LogP contribution is 2.49. The van der Waals surface area contributed by atoms with Gasteiger partial charge in [-0.05, 0) is 152 Å². The van der Waals surface area contributed by atoms with E-state index in [9.17, 15) is 0 Å². The van der Waals surface area contributed by atoms with E-state index in [-0.39, 0.29) is 0 Å². The molecule has 0 unspecified atom stereocenters. The molecule has 0 amide bonds. The molecule has 0 radical (unpaired) electrons. The first-order chi connectivity index (χ1) is 38.4. The molecule has 14 rings (SSSR count). The summed E-state index contributed by atoms with van der Waals surface area (Å²) in [6.07, 6.45) is 6.33. The number of aryl methyl sites for hydroxylation is 2. The fraction of sp³-hybridized carbons (Fsp3) is 0.0411. The number of fused-ring (bicyclic) bond motifs is 6. The van der Waals surface area contributed by atoms with Crippen LogP contribution in [0, 0.1) is 13.8 Å². The lowest BCUT2D eigenvalue weighted by atomic mass is 9.96. The van der Waals surface area contributed by atoms with Crippen molar-refractivity contribution in [1.29, 1.82) is 0 Å². The normalized spacial score (nSPS) is 11.8. The Morgan fingerprint density at radius 2 is 0.833 bits per heavy atom. The average molecular weight is 1040 g/mol. The Labute approximate surface area is 462 Å². The molecule has 0 bridgehead atoms. The van der Waals surface area contributed by atoms with Crippen molar-refractivity contribution in [2.45, 2.75) is 20.8 Å². The number of nitrogens with zero attached hydrogens (tertiary/aromatic N) is 3. The maximum absolute atomic E-state index is 4.34. The molecule has 0 spiro atoms. The predicted octanol–water partition coefficient (Wildman–Crippen LogP) is 21.6. The Bertz CT molecular complexity index is 4620. The number of rotatable bonds is 11. The van der Waals surface area contributed by atoms with Crippen molar-refractivity contribution in [2.75, 3.05) is 4.90 Å². The summed E-state index contributed by atoms with van der Waals surface area (Å²) < 4.78 is 7.31. The number of hydrogen-bond acceptors (Lipinski definition) is 3. The molecule has 10 aromatic carbocycles. The summed E-state index contributed by atoms with van der Waals surface area (Å²) in [5, 5.41) is 6.21. The smallest absolute Gasteiger partial charge is 0.0541 e. The molecular formula is C73H53N3S2. The Hall–Kier alpha value is -9.26. The van der Waals surface area contributed by atoms with Crippen LogP contribution >= 0.6 is 22.7 Å². The fourth-order valence-corrected chi connectivity index (χ4v) is 14.2. The first kappa shape index (κ1) is 47.2. The highest BCUT2D eigenvalue weighted by atomic mass is 32.1. The van der Waals surface area contributed by atoms with Gasteiger partial charge < -0.3 is 14.0 Å². The van der Waals surface area contributed by atoms with Crippen molar-refractivity contribution in [1.82, 2.24) is 9.13 Å². The average Bonchev–Trinajstić information content (AvgIpc) is 4.44. The fourth-order valence-electron chi connectivity index (χ4n) is 11.7. The second-order valence-electron chi connectivity index (χ2n) is 20.2. The van der Waals surface area contributed by atoms with Gasteiger partial charge in [0.15, 0.2) is 0 Å². The van der Waals surface area contributed by atoms with Crippen LogP contribution in [0.1, 0.15) is 29.3 Å². The maximum atomic E-state index is 4.34. The number of thiophene rings is 2. The molecule has 4 aromatic heterocycles. The van der Waals surface area contributed by atoms with Crippen LogP contribution in [-0.4, -0.2) is 9.13 Å². The van der Waals surface area contributed by atoms with E-state index >= 15 is 0 Å². The van der Waals surface area contributed by atoms with E-state index < -0.39 is 0 Å². The zero-order valence-electron chi connectivity index (χ0n) is 43.6. The molecule has 0 aliphatic rings. The molecule has 0 aliphatic carbocycles. The Morgan fingerprint density at radius 3 is 1.37 bits per heavy atom. The van der Waals surface area contributed by atoms with Crippen molar-refractivity contribution in [3.05, 3.63) is 272 Å². The molecule has 0 fully saturated rings. The quantitative estimate of drug-likeness (QED) is 0.126. The van der Waals surface area contributed by atoms with E-state index in [1.807, 2.05) is 28.7 Å². The lowest BCUT2D eigenvalue weighted by Gasteiger charge is -2.26. The number of aromatic nitrogens is 2. The second-order valence-corrected chi connectivity index (χ2v) is 22.3. The molecule has 0 saturated heterocycles. The molecule has 78 heavy (non-hydrogen) atoms. The number of anilines is 3. The highest BCUT2D eigenvalue weighted by Gasteiger charge is 2.23. The van der Waals surface area contributed by atoms with Crippen molar-refractivity contribution in [2.24, 2.45) is 0 Å². The summed E-state index contributed by atoms with van der Waals surface area (Å²) in [5.74, 6) is 0. The molecule has 0 saturated carbocycles. The second kappa shape index (κ2) is 19.4. The summed E-state index contributed by atoms with van der Waals surface area (Å²) in [6.45, 7) is 10.7. The molecule has 14 aromatic rings. The molecule has 0 atom stereocenters. The van der Waals surface area contributed by atoms with Crippen molar-refractivity contribution in [3.63, 3.8) is 0 Å². The Morgan fingerprint density at radius 1 is 0.397 bits per heavy atom. The number of para-hydroxylation sites is 2.